The Hall–Kier alpha value is -0.570. The SMILES string of the molecule is COC[C@H]1C[C@H](NC(C)=O)C1. The number of nitrogens with one attached hydrogen (secondary N) is 1. The molecule has 1 fully saturated rings. The van der Waals surface area contributed by atoms with Gasteiger partial charge in [0.2, 0.25) is 5.91 Å². The maximum atomic E-state index is 10.6. The summed E-state index contributed by atoms with van der Waals surface area (Å²) in [7, 11) is 1.71. The molecule has 0 aromatic rings. The molecule has 1 aliphatic carbocycles. The van der Waals surface area contributed by atoms with Crippen molar-refractivity contribution < 1.29 is 9.53 Å². The second-order valence-electron chi connectivity index (χ2n) is 3.19. The van der Waals surface area contributed by atoms with Gasteiger partial charge in [0, 0.05) is 26.7 Å². The highest BCUT2D eigenvalue weighted by Gasteiger charge is 2.28. The molecule has 11 heavy (non-hydrogen) atoms. The fourth-order valence-electron chi connectivity index (χ4n) is 1.51. The van der Waals surface area contributed by atoms with Crippen molar-refractivity contribution in [2.24, 2.45) is 5.92 Å². The number of hydrogen-bond acceptors (Lipinski definition) is 2. The minimum atomic E-state index is 0.0749. The number of rotatable bonds is 3. The standard InChI is InChI=1S/C8H15NO2/c1-6(10)9-8-3-7(4-8)5-11-2/h7-8H,3-5H2,1-2H3,(H,9,10)/t7-,8-. The van der Waals surface area contributed by atoms with Crippen LogP contribution in [-0.2, 0) is 9.53 Å². The lowest BCUT2D eigenvalue weighted by molar-refractivity contribution is -0.120. The van der Waals surface area contributed by atoms with Crippen molar-refractivity contribution in [1.82, 2.24) is 5.32 Å². The minimum absolute atomic E-state index is 0.0749. The molecule has 1 amide bonds. The van der Waals surface area contributed by atoms with Gasteiger partial charge >= 0.3 is 0 Å². The fourth-order valence-corrected chi connectivity index (χ4v) is 1.51. The molecule has 0 aromatic heterocycles. The summed E-state index contributed by atoms with van der Waals surface area (Å²) in [5, 5.41) is 2.87. The second kappa shape index (κ2) is 3.72. The molecule has 0 spiro atoms. The van der Waals surface area contributed by atoms with E-state index >= 15 is 0 Å². The van der Waals surface area contributed by atoms with Crippen LogP contribution in [0.2, 0.25) is 0 Å². The highest BCUT2D eigenvalue weighted by Crippen LogP contribution is 2.27. The third-order valence-corrected chi connectivity index (χ3v) is 2.05. The highest BCUT2D eigenvalue weighted by atomic mass is 16.5. The Bertz CT molecular complexity index is 141. The number of hydrogen-bond donors (Lipinski definition) is 1. The first-order valence-corrected chi connectivity index (χ1v) is 3.98. The van der Waals surface area contributed by atoms with Gasteiger partial charge in [0.15, 0.2) is 0 Å². The van der Waals surface area contributed by atoms with E-state index in [1.54, 1.807) is 14.0 Å². The minimum Gasteiger partial charge on any atom is -0.384 e. The Morgan fingerprint density at radius 1 is 1.64 bits per heavy atom. The Morgan fingerprint density at radius 3 is 2.73 bits per heavy atom. The van der Waals surface area contributed by atoms with Gasteiger partial charge in [-0.25, -0.2) is 0 Å². The third-order valence-electron chi connectivity index (χ3n) is 2.05. The smallest absolute Gasteiger partial charge is 0.217 e. The summed E-state index contributed by atoms with van der Waals surface area (Å²) in [6.07, 6.45) is 2.15. The second-order valence-corrected chi connectivity index (χ2v) is 3.19. The quantitative estimate of drug-likeness (QED) is 0.649. The van der Waals surface area contributed by atoms with Gasteiger partial charge in [-0.2, -0.15) is 0 Å². The molecule has 1 aliphatic rings. The van der Waals surface area contributed by atoms with Crippen LogP contribution in [0.4, 0.5) is 0 Å². The Labute approximate surface area is 67.1 Å². The van der Waals surface area contributed by atoms with Crippen molar-refractivity contribution in [1.29, 1.82) is 0 Å². The van der Waals surface area contributed by atoms with Crippen LogP contribution in [0.5, 0.6) is 0 Å². The van der Waals surface area contributed by atoms with Gasteiger partial charge in [-0.15, -0.1) is 0 Å². The zero-order chi connectivity index (χ0) is 8.27. The molecule has 1 rings (SSSR count). The average Bonchev–Trinajstić information content (AvgIpc) is 1.82. The zero-order valence-corrected chi connectivity index (χ0v) is 7.09. The molecule has 0 aliphatic heterocycles. The molecule has 3 heteroatoms. The number of carbonyl (C=O) groups is 1. The molecule has 0 bridgehead atoms. The van der Waals surface area contributed by atoms with Crippen molar-refractivity contribution in [3.05, 3.63) is 0 Å². The fraction of sp³-hybridized carbons (Fsp3) is 0.875. The summed E-state index contributed by atoms with van der Waals surface area (Å²) in [5.41, 5.74) is 0. The molecule has 1 saturated carbocycles. The Kier molecular flexibility index (Phi) is 2.88. The molecule has 0 atom stereocenters. The first-order chi connectivity index (χ1) is 5.22. The lowest BCUT2D eigenvalue weighted by Gasteiger charge is -2.34. The van der Waals surface area contributed by atoms with Crippen LogP contribution in [-0.4, -0.2) is 25.7 Å². The summed E-state index contributed by atoms with van der Waals surface area (Å²) in [5.74, 6) is 0.739. The van der Waals surface area contributed by atoms with E-state index in [9.17, 15) is 4.79 Å². The summed E-state index contributed by atoms with van der Waals surface area (Å²) >= 11 is 0. The summed E-state index contributed by atoms with van der Waals surface area (Å²) in [6.45, 7) is 2.39. The molecule has 0 unspecified atom stereocenters. The number of ether oxygens (including phenoxy) is 1. The number of methoxy groups -OCH3 is 1. The summed E-state index contributed by atoms with van der Waals surface area (Å²) in [4.78, 5) is 10.6. The van der Waals surface area contributed by atoms with Gasteiger partial charge in [0.25, 0.3) is 0 Å². The number of amides is 1. The van der Waals surface area contributed by atoms with Crippen molar-refractivity contribution in [3.8, 4) is 0 Å². The van der Waals surface area contributed by atoms with Gasteiger partial charge < -0.3 is 10.1 Å². The van der Waals surface area contributed by atoms with Crippen molar-refractivity contribution in [2.45, 2.75) is 25.8 Å². The van der Waals surface area contributed by atoms with Gasteiger partial charge in [-0.1, -0.05) is 0 Å². The monoisotopic (exact) mass is 157 g/mol. The van der Waals surface area contributed by atoms with Crippen LogP contribution >= 0.6 is 0 Å². The molecule has 3 nitrogen and oxygen atoms in total. The van der Waals surface area contributed by atoms with E-state index in [1.807, 2.05) is 0 Å². The van der Waals surface area contributed by atoms with Crippen LogP contribution < -0.4 is 5.32 Å². The maximum absolute atomic E-state index is 10.6. The molecule has 0 aromatic carbocycles. The van der Waals surface area contributed by atoms with Gasteiger partial charge in [-0.3, -0.25) is 4.79 Å². The van der Waals surface area contributed by atoms with E-state index in [2.05, 4.69) is 5.32 Å². The van der Waals surface area contributed by atoms with Crippen molar-refractivity contribution in [2.75, 3.05) is 13.7 Å². The summed E-state index contributed by atoms with van der Waals surface area (Å²) < 4.78 is 4.99. The van der Waals surface area contributed by atoms with Crippen LogP contribution in [0.15, 0.2) is 0 Å². The zero-order valence-electron chi connectivity index (χ0n) is 7.09. The largest absolute Gasteiger partial charge is 0.384 e. The van der Waals surface area contributed by atoms with E-state index in [-0.39, 0.29) is 5.91 Å². The van der Waals surface area contributed by atoms with Crippen LogP contribution in [0.1, 0.15) is 19.8 Å². The molecular formula is C8H15NO2. The maximum Gasteiger partial charge on any atom is 0.217 e. The van der Waals surface area contributed by atoms with Crippen LogP contribution in [0.25, 0.3) is 0 Å². The molecule has 64 valence electrons. The topological polar surface area (TPSA) is 38.3 Å². The highest BCUT2D eigenvalue weighted by molar-refractivity contribution is 5.73. The Balaban J connectivity index is 2.04. The van der Waals surface area contributed by atoms with Gasteiger partial charge in [0.05, 0.1) is 0 Å². The normalized spacial score (nSPS) is 29.3. The summed E-state index contributed by atoms with van der Waals surface area (Å²) in [6, 6.07) is 0.410. The van der Waals surface area contributed by atoms with E-state index < -0.39 is 0 Å². The van der Waals surface area contributed by atoms with Crippen molar-refractivity contribution in [3.63, 3.8) is 0 Å². The van der Waals surface area contributed by atoms with E-state index in [0.717, 1.165) is 19.4 Å². The van der Waals surface area contributed by atoms with Crippen LogP contribution in [0, 0.1) is 5.92 Å². The first kappa shape index (κ1) is 8.53. The predicted molar refractivity (Wildman–Crippen MR) is 42.2 cm³/mol. The first-order valence-electron chi connectivity index (χ1n) is 3.98. The molecule has 0 heterocycles. The molecule has 0 saturated heterocycles. The van der Waals surface area contributed by atoms with E-state index in [4.69, 9.17) is 4.74 Å². The van der Waals surface area contributed by atoms with Gasteiger partial charge in [-0.05, 0) is 18.8 Å². The molecule has 1 N–H and O–H groups in total. The third kappa shape index (κ3) is 2.50. The predicted octanol–water partition coefficient (Wildman–Crippen LogP) is 0.547. The van der Waals surface area contributed by atoms with E-state index in [1.165, 1.54) is 0 Å². The average molecular weight is 157 g/mol. The Morgan fingerprint density at radius 2 is 2.27 bits per heavy atom. The van der Waals surface area contributed by atoms with Crippen molar-refractivity contribution >= 4 is 5.91 Å². The lowest BCUT2D eigenvalue weighted by Crippen LogP contribution is -2.44. The van der Waals surface area contributed by atoms with Gasteiger partial charge in [0.1, 0.15) is 0 Å². The lowest BCUT2D eigenvalue weighted by atomic mass is 9.81. The van der Waals surface area contributed by atoms with Crippen LogP contribution in [0.3, 0.4) is 0 Å². The molecular weight excluding hydrogens is 142 g/mol. The van der Waals surface area contributed by atoms with E-state index in [0.29, 0.717) is 12.0 Å². The molecule has 0 radical (unpaired) electrons. The number of carbonyl (C=O) groups excluding carboxylic acids is 1.